The molecule has 0 saturated carbocycles. The molecule has 0 bridgehead atoms. The lowest BCUT2D eigenvalue weighted by molar-refractivity contribution is 0.0714. The third-order valence-corrected chi connectivity index (χ3v) is 6.89. The molecule has 3 aromatic carbocycles. The number of rotatable bonds is 4. The van der Waals surface area contributed by atoms with Gasteiger partial charge in [0.1, 0.15) is 11.4 Å². The van der Waals surface area contributed by atoms with Crippen molar-refractivity contribution < 1.29 is 23.1 Å². The molecule has 0 spiro atoms. The third-order valence-electron chi connectivity index (χ3n) is 6.15. The van der Waals surface area contributed by atoms with Crippen LogP contribution in [-0.4, -0.2) is 23.9 Å². The maximum Gasteiger partial charge on any atom is 0.291 e. The van der Waals surface area contributed by atoms with Gasteiger partial charge in [-0.05, 0) is 59.8 Å². The van der Waals surface area contributed by atoms with Gasteiger partial charge >= 0.3 is 0 Å². The number of amides is 1. The number of carbonyl (C=O) groups excluding carboxylic acids is 1. The van der Waals surface area contributed by atoms with E-state index in [2.05, 4.69) is 0 Å². The lowest BCUT2D eigenvalue weighted by Gasteiger charge is -2.25. The molecule has 1 atom stereocenters. The molecule has 6 nitrogen and oxygen atoms in total. The monoisotopic (exact) mass is 475 g/mol. The van der Waals surface area contributed by atoms with E-state index in [0.29, 0.717) is 11.5 Å². The number of hydrogen-bond donors (Lipinski definition) is 0. The standard InChI is InChI=1S/C26H18FNO5S/c1-34-17-6-3-15(4-7-17)23-22-24(29)18-11-16(27)5-9-19(18)33-25(22)26(30)28(23)12-14-2-8-20-21(10-14)32-13-31-20/h2-11,23H,12-13H2,1H3/t23-/m1/s1. The van der Waals surface area contributed by atoms with Gasteiger partial charge in [-0.1, -0.05) is 18.2 Å². The van der Waals surface area contributed by atoms with Crippen molar-refractivity contribution in [1.29, 1.82) is 0 Å². The SMILES string of the molecule is CSc1ccc([C@@H]2c3c(oc4ccc(F)cc4c3=O)C(=O)N2Cc2ccc3c(c2)OCO3)cc1. The summed E-state index contributed by atoms with van der Waals surface area (Å²) >= 11 is 1.60. The average molecular weight is 475 g/mol. The van der Waals surface area contributed by atoms with Crippen molar-refractivity contribution in [2.45, 2.75) is 17.5 Å². The largest absolute Gasteiger partial charge is 0.454 e. The van der Waals surface area contributed by atoms with Crippen molar-refractivity contribution in [3.05, 3.63) is 99.2 Å². The zero-order valence-corrected chi connectivity index (χ0v) is 18.9. The van der Waals surface area contributed by atoms with E-state index in [1.807, 2.05) is 42.7 Å². The van der Waals surface area contributed by atoms with E-state index >= 15 is 0 Å². The highest BCUT2D eigenvalue weighted by atomic mass is 32.2. The molecule has 0 N–H and O–H groups in total. The Kier molecular flexibility index (Phi) is 4.84. The maximum atomic E-state index is 13.9. The van der Waals surface area contributed by atoms with Gasteiger partial charge in [-0.2, -0.15) is 0 Å². The minimum Gasteiger partial charge on any atom is -0.454 e. The number of benzene rings is 3. The van der Waals surface area contributed by atoms with Crippen molar-refractivity contribution >= 4 is 28.6 Å². The van der Waals surface area contributed by atoms with Crippen LogP contribution in [-0.2, 0) is 6.54 Å². The molecular formula is C26H18FNO5S. The Hall–Kier alpha value is -3.78. The molecule has 170 valence electrons. The average Bonchev–Trinajstić information content (AvgIpc) is 3.43. The zero-order valence-electron chi connectivity index (χ0n) is 18.0. The summed E-state index contributed by atoms with van der Waals surface area (Å²) in [5.41, 5.74) is 1.59. The number of ether oxygens (including phenoxy) is 2. The van der Waals surface area contributed by atoms with Crippen LogP contribution in [0.4, 0.5) is 4.39 Å². The summed E-state index contributed by atoms with van der Waals surface area (Å²) in [6.45, 7) is 0.373. The van der Waals surface area contributed by atoms with Crippen LogP contribution in [0, 0.1) is 5.82 Å². The van der Waals surface area contributed by atoms with E-state index in [0.717, 1.165) is 22.1 Å². The second-order valence-corrected chi connectivity index (χ2v) is 8.99. The molecule has 4 aromatic rings. The van der Waals surface area contributed by atoms with E-state index in [-0.39, 0.29) is 35.6 Å². The molecule has 0 aliphatic carbocycles. The van der Waals surface area contributed by atoms with Crippen molar-refractivity contribution in [2.75, 3.05) is 13.0 Å². The summed E-state index contributed by atoms with van der Waals surface area (Å²) in [4.78, 5) is 29.8. The highest BCUT2D eigenvalue weighted by Gasteiger charge is 2.42. The van der Waals surface area contributed by atoms with Crippen LogP contribution in [0.25, 0.3) is 11.0 Å². The summed E-state index contributed by atoms with van der Waals surface area (Å²) < 4.78 is 30.7. The molecular weight excluding hydrogens is 457 g/mol. The Morgan fingerprint density at radius 2 is 1.79 bits per heavy atom. The number of thioether (sulfide) groups is 1. The Labute approximate surface area is 197 Å². The third kappa shape index (κ3) is 3.25. The Morgan fingerprint density at radius 1 is 1.00 bits per heavy atom. The highest BCUT2D eigenvalue weighted by molar-refractivity contribution is 7.98. The zero-order chi connectivity index (χ0) is 23.4. The van der Waals surface area contributed by atoms with Crippen molar-refractivity contribution in [2.24, 2.45) is 0 Å². The summed E-state index contributed by atoms with van der Waals surface area (Å²) in [5, 5.41) is 0.113. The van der Waals surface area contributed by atoms with Crippen LogP contribution in [0.3, 0.4) is 0 Å². The van der Waals surface area contributed by atoms with Crippen LogP contribution in [0.5, 0.6) is 11.5 Å². The lowest BCUT2D eigenvalue weighted by atomic mass is 9.98. The van der Waals surface area contributed by atoms with Crippen LogP contribution in [0.2, 0.25) is 0 Å². The fraction of sp³-hybridized carbons (Fsp3) is 0.154. The van der Waals surface area contributed by atoms with Crippen LogP contribution in [0.1, 0.15) is 33.3 Å². The molecule has 0 radical (unpaired) electrons. The van der Waals surface area contributed by atoms with Gasteiger partial charge in [0.15, 0.2) is 16.9 Å². The van der Waals surface area contributed by atoms with Gasteiger partial charge in [0.25, 0.3) is 5.91 Å². The number of halogens is 1. The Morgan fingerprint density at radius 3 is 2.59 bits per heavy atom. The Balaban J connectivity index is 1.51. The summed E-state index contributed by atoms with van der Waals surface area (Å²) in [7, 11) is 0. The van der Waals surface area contributed by atoms with Gasteiger partial charge in [0, 0.05) is 11.4 Å². The fourth-order valence-corrected chi connectivity index (χ4v) is 4.93. The molecule has 1 amide bonds. The van der Waals surface area contributed by atoms with Crippen molar-refractivity contribution in [1.82, 2.24) is 4.90 Å². The van der Waals surface area contributed by atoms with Crippen LogP contribution < -0.4 is 14.9 Å². The van der Waals surface area contributed by atoms with Gasteiger partial charge in [0.05, 0.1) is 17.0 Å². The quantitative estimate of drug-likeness (QED) is 0.381. The number of fused-ring (bicyclic) bond motifs is 3. The predicted molar refractivity (Wildman–Crippen MR) is 125 cm³/mol. The molecule has 0 fully saturated rings. The molecule has 34 heavy (non-hydrogen) atoms. The second-order valence-electron chi connectivity index (χ2n) is 8.11. The van der Waals surface area contributed by atoms with E-state index in [1.165, 1.54) is 12.1 Å². The van der Waals surface area contributed by atoms with Gasteiger partial charge < -0.3 is 18.8 Å². The Bertz CT molecular complexity index is 1510. The molecule has 0 unspecified atom stereocenters. The number of hydrogen-bond acceptors (Lipinski definition) is 6. The van der Waals surface area contributed by atoms with Gasteiger partial charge in [-0.15, -0.1) is 11.8 Å². The minimum atomic E-state index is -0.673. The van der Waals surface area contributed by atoms with Gasteiger partial charge in [-0.3, -0.25) is 9.59 Å². The van der Waals surface area contributed by atoms with E-state index < -0.39 is 23.2 Å². The smallest absolute Gasteiger partial charge is 0.291 e. The fourth-order valence-electron chi connectivity index (χ4n) is 4.52. The maximum absolute atomic E-state index is 13.9. The lowest BCUT2D eigenvalue weighted by Crippen LogP contribution is -2.29. The topological polar surface area (TPSA) is 69.0 Å². The van der Waals surface area contributed by atoms with E-state index in [4.69, 9.17) is 13.9 Å². The first kappa shape index (κ1) is 20.8. The molecule has 2 aliphatic rings. The molecule has 8 heteroatoms. The van der Waals surface area contributed by atoms with Gasteiger partial charge in [0.2, 0.25) is 12.6 Å². The summed E-state index contributed by atoms with van der Waals surface area (Å²) in [5.74, 6) is 0.313. The molecule has 3 heterocycles. The first-order valence-electron chi connectivity index (χ1n) is 10.6. The van der Waals surface area contributed by atoms with E-state index in [9.17, 15) is 14.0 Å². The second kappa shape index (κ2) is 7.92. The molecule has 0 saturated heterocycles. The normalized spacial score (nSPS) is 16.4. The highest BCUT2D eigenvalue weighted by Crippen LogP contribution is 2.40. The van der Waals surface area contributed by atoms with Crippen molar-refractivity contribution in [3.63, 3.8) is 0 Å². The molecule has 1 aromatic heterocycles. The first-order chi connectivity index (χ1) is 16.5. The van der Waals surface area contributed by atoms with E-state index in [1.54, 1.807) is 22.7 Å². The van der Waals surface area contributed by atoms with Crippen LogP contribution in [0.15, 0.2) is 74.8 Å². The van der Waals surface area contributed by atoms with Crippen LogP contribution >= 0.6 is 11.8 Å². The minimum absolute atomic E-state index is 0.0104. The van der Waals surface area contributed by atoms with Gasteiger partial charge in [-0.25, -0.2) is 4.39 Å². The van der Waals surface area contributed by atoms with Crippen molar-refractivity contribution in [3.8, 4) is 11.5 Å². The molecule has 6 rings (SSSR count). The summed E-state index contributed by atoms with van der Waals surface area (Å²) in [6, 6.07) is 16.3. The molecule has 2 aliphatic heterocycles. The number of nitrogens with zero attached hydrogens (tertiary/aromatic N) is 1. The summed E-state index contributed by atoms with van der Waals surface area (Å²) in [6.07, 6.45) is 1.98. The number of carbonyl (C=O) groups is 1. The predicted octanol–water partition coefficient (Wildman–Crippen LogP) is 5.13. The first-order valence-corrected chi connectivity index (χ1v) is 11.9.